The maximum atomic E-state index is 5.92. The van der Waals surface area contributed by atoms with Crippen LogP contribution < -0.4 is 15.4 Å². The molecule has 1 heterocycles. The predicted molar refractivity (Wildman–Crippen MR) is 111 cm³/mol. The number of nitrogens with one attached hydrogen (secondary N) is 2. The van der Waals surface area contributed by atoms with Crippen LogP contribution in [0.25, 0.3) is 0 Å². The fourth-order valence-electron chi connectivity index (χ4n) is 2.64. The van der Waals surface area contributed by atoms with Gasteiger partial charge in [0.05, 0.1) is 7.11 Å². The average Bonchev–Trinajstić information content (AvgIpc) is 2.68. The molecule has 0 bridgehead atoms. The molecular formula is C21H23ClN4O. The van der Waals surface area contributed by atoms with Crippen molar-refractivity contribution in [1.29, 1.82) is 0 Å². The summed E-state index contributed by atoms with van der Waals surface area (Å²) in [7, 11) is 1.67. The Morgan fingerprint density at radius 2 is 1.63 bits per heavy atom. The summed E-state index contributed by atoms with van der Waals surface area (Å²) in [5.41, 5.74) is 3.29. The van der Waals surface area contributed by atoms with Crippen LogP contribution in [-0.2, 0) is 13.0 Å². The largest absolute Gasteiger partial charge is 0.497 e. The first-order valence-electron chi connectivity index (χ1n) is 8.83. The van der Waals surface area contributed by atoms with Crippen molar-refractivity contribution in [2.45, 2.75) is 19.9 Å². The summed E-state index contributed by atoms with van der Waals surface area (Å²) in [5.74, 6) is 2.28. The predicted octanol–water partition coefficient (Wildman–Crippen LogP) is 4.71. The van der Waals surface area contributed by atoms with Crippen LogP contribution in [0.1, 0.15) is 16.8 Å². The molecule has 0 spiro atoms. The van der Waals surface area contributed by atoms with E-state index in [9.17, 15) is 0 Å². The Morgan fingerprint density at radius 1 is 0.926 bits per heavy atom. The Balaban J connectivity index is 1.55. The molecule has 0 radical (unpaired) electrons. The molecule has 0 aliphatic heterocycles. The highest BCUT2D eigenvalue weighted by atomic mass is 35.5. The Kier molecular flexibility index (Phi) is 6.49. The summed E-state index contributed by atoms with van der Waals surface area (Å²) < 4.78 is 5.18. The Labute approximate surface area is 164 Å². The molecule has 0 aliphatic rings. The van der Waals surface area contributed by atoms with E-state index in [-0.39, 0.29) is 0 Å². The monoisotopic (exact) mass is 382 g/mol. The molecule has 0 amide bonds. The van der Waals surface area contributed by atoms with Crippen LogP contribution in [0, 0.1) is 6.92 Å². The van der Waals surface area contributed by atoms with Gasteiger partial charge in [-0.25, -0.2) is 4.98 Å². The first-order chi connectivity index (χ1) is 13.1. The SMILES string of the molecule is COc1ccc(CNc2cc(C)nc(NCCc3ccc(Cl)cc3)n2)cc1. The van der Waals surface area contributed by atoms with Crippen LogP contribution >= 0.6 is 11.6 Å². The topological polar surface area (TPSA) is 59.1 Å². The molecule has 3 aromatic rings. The molecule has 27 heavy (non-hydrogen) atoms. The number of aryl methyl sites for hydroxylation is 1. The van der Waals surface area contributed by atoms with Gasteiger partial charge in [0.15, 0.2) is 0 Å². The molecule has 5 nitrogen and oxygen atoms in total. The lowest BCUT2D eigenvalue weighted by Crippen LogP contribution is -2.10. The standard InChI is InChI=1S/C21H23ClN4O/c1-15-13-20(24-14-17-5-9-19(27-2)10-6-17)26-21(25-15)23-12-11-16-3-7-18(22)8-4-16/h3-10,13H,11-12,14H2,1-2H3,(H2,23,24,25,26). The number of halogens is 1. The highest BCUT2D eigenvalue weighted by Crippen LogP contribution is 2.15. The zero-order valence-corrected chi connectivity index (χ0v) is 16.3. The van der Waals surface area contributed by atoms with E-state index >= 15 is 0 Å². The number of anilines is 2. The molecule has 0 fully saturated rings. The number of rotatable bonds is 8. The molecule has 6 heteroatoms. The maximum absolute atomic E-state index is 5.92. The molecule has 2 N–H and O–H groups in total. The average molecular weight is 383 g/mol. The molecule has 0 saturated carbocycles. The summed E-state index contributed by atoms with van der Waals surface area (Å²) in [6, 6.07) is 17.8. The molecule has 140 valence electrons. The van der Waals surface area contributed by atoms with Gasteiger partial charge in [-0.05, 0) is 48.7 Å². The lowest BCUT2D eigenvalue weighted by Gasteiger charge is -2.10. The van der Waals surface area contributed by atoms with Crippen molar-refractivity contribution in [3.63, 3.8) is 0 Å². The molecule has 0 unspecified atom stereocenters. The molecular weight excluding hydrogens is 360 g/mol. The van der Waals surface area contributed by atoms with E-state index in [1.807, 2.05) is 61.5 Å². The lowest BCUT2D eigenvalue weighted by atomic mass is 10.1. The highest BCUT2D eigenvalue weighted by molar-refractivity contribution is 6.30. The van der Waals surface area contributed by atoms with Crippen molar-refractivity contribution in [2.75, 3.05) is 24.3 Å². The quantitative estimate of drug-likeness (QED) is 0.590. The van der Waals surface area contributed by atoms with E-state index in [0.717, 1.165) is 40.8 Å². The summed E-state index contributed by atoms with van der Waals surface area (Å²) >= 11 is 5.92. The van der Waals surface area contributed by atoms with Gasteiger partial charge in [-0.15, -0.1) is 0 Å². The smallest absolute Gasteiger partial charge is 0.224 e. The fourth-order valence-corrected chi connectivity index (χ4v) is 2.77. The summed E-state index contributed by atoms with van der Waals surface area (Å²) in [5, 5.41) is 7.39. The van der Waals surface area contributed by atoms with Gasteiger partial charge in [-0.2, -0.15) is 4.98 Å². The molecule has 0 saturated heterocycles. The Hall–Kier alpha value is -2.79. The lowest BCUT2D eigenvalue weighted by molar-refractivity contribution is 0.414. The third-order valence-electron chi connectivity index (χ3n) is 4.10. The molecule has 0 aliphatic carbocycles. The number of hydrogen-bond donors (Lipinski definition) is 2. The maximum Gasteiger partial charge on any atom is 0.224 e. The minimum absolute atomic E-state index is 0.626. The minimum Gasteiger partial charge on any atom is -0.497 e. The second kappa shape index (κ2) is 9.24. The zero-order chi connectivity index (χ0) is 19.1. The first kappa shape index (κ1) is 19.0. The number of methoxy groups -OCH3 is 1. The van der Waals surface area contributed by atoms with Gasteiger partial charge >= 0.3 is 0 Å². The Morgan fingerprint density at radius 3 is 2.33 bits per heavy atom. The summed E-state index contributed by atoms with van der Waals surface area (Å²) in [6.07, 6.45) is 0.878. The van der Waals surface area contributed by atoms with E-state index in [4.69, 9.17) is 16.3 Å². The second-order valence-corrected chi connectivity index (χ2v) is 6.66. The third-order valence-corrected chi connectivity index (χ3v) is 4.35. The van der Waals surface area contributed by atoms with E-state index in [1.54, 1.807) is 7.11 Å². The van der Waals surface area contributed by atoms with Crippen LogP contribution in [0.5, 0.6) is 5.75 Å². The Bertz CT molecular complexity index is 866. The van der Waals surface area contributed by atoms with Gasteiger partial charge in [0, 0.05) is 29.9 Å². The van der Waals surface area contributed by atoms with Crippen molar-refractivity contribution in [1.82, 2.24) is 9.97 Å². The van der Waals surface area contributed by atoms with Gasteiger partial charge < -0.3 is 15.4 Å². The summed E-state index contributed by atoms with van der Waals surface area (Å²) in [4.78, 5) is 9.01. The van der Waals surface area contributed by atoms with Crippen molar-refractivity contribution in [3.8, 4) is 5.75 Å². The molecule has 2 aromatic carbocycles. The van der Waals surface area contributed by atoms with Crippen molar-refractivity contribution < 1.29 is 4.74 Å². The van der Waals surface area contributed by atoms with Crippen LogP contribution in [0.3, 0.4) is 0 Å². The molecule has 0 atom stereocenters. The minimum atomic E-state index is 0.626. The van der Waals surface area contributed by atoms with Gasteiger partial charge in [0.25, 0.3) is 0 Å². The van der Waals surface area contributed by atoms with E-state index < -0.39 is 0 Å². The van der Waals surface area contributed by atoms with Crippen LogP contribution in [0.2, 0.25) is 5.02 Å². The van der Waals surface area contributed by atoms with Gasteiger partial charge in [-0.3, -0.25) is 0 Å². The number of benzene rings is 2. The number of nitrogens with zero attached hydrogens (tertiary/aromatic N) is 2. The van der Waals surface area contributed by atoms with Gasteiger partial charge in [0.1, 0.15) is 11.6 Å². The number of aromatic nitrogens is 2. The van der Waals surface area contributed by atoms with Crippen molar-refractivity contribution in [3.05, 3.63) is 76.4 Å². The van der Waals surface area contributed by atoms with Gasteiger partial charge in [0.2, 0.25) is 5.95 Å². The first-order valence-corrected chi connectivity index (χ1v) is 9.21. The van der Waals surface area contributed by atoms with E-state index in [0.29, 0.717) is 12.5 Å². The van der Waals surface area contributed by atoms with Crippen molar-refractivity contribution in [2.24, 2.45) is 0 Å². The normalized spacial score (nSPS) is 10.5. The van der Waals surface area contributed by atoms with Crippen LogP contribution in [-0.4, -0.2) is 23.6 Å². The van der Waals surface area contributed by atoms with Crippen LogP contribution in [0.4, 0.5) is 11.8 Å². The van der Waals surface area contributed by atoms with E-state index in [2.05, 4.69) is 20.6 Å². The number of ether oxygens (including phenoxy) is 1. The van der Waals surface area contributed by atoms with Crippen LogP contribution in [0.15, 0.2) is 54.6 Å². The van der Waals surface area contributed by atoms with Gasteiger partial charge in [-0.1, -0.05) is 35.9 Å². The zero-order valence-electron chi connectivity index (χ0n) is 15.5. The fraction of sp³-hybridized carbons (Fsp3) is 0.238. The van der Waals surface area contributed by atoms with Crippen molar-refractivity contribution >= 4 is 23.4 Å². The highest BCUT2D eigenvalue weighted by Gasteiger charge is 2.03. The number of hydrogen-bond acceptors (Lipinski definition) is 5. The van der Waals surface area contributed by atoms with E-state index in [1.165, 1.54) is 5.56 Å². The third kappa shape index (κ3) is 5.86. The molecule has 3 rings (SSSR count). The summed E-state index contributed by atoms with van der Waals surface area (Å²) in [6.45, 7) is 3.40. The molecule has 1 aromatic heterocycles. The second-order valence-electron chi connectivity index (χ2n) is 6.22.